The van der Waals surface area contributed by atoms with Gasteiger partial charge in [-0.05, 0) is 37.3 Å². The van der Waals surface area contributed by atoms with E-state index < -0.39 is 11.6 Å². The molecule has 1 atom stereocenters. The Bertz CT molecular complexity index is 1200. The van der Waals surface area contributed by atoms with Crippen LogP contribution in [0.1, 0.15) is 13.0 Å². The van der Waals surface area contributed by atoms with Gasteiger partial charge in [0.15, 0.2) is 0 Å². The number of furan rings is 1. The number of rotatable bonds is 3. The number of aromatic nitrogens is 2. The molecule has 0 bridgehead atoms. The molecule has 2 aromatic carbocycles. The molecule has 0 saturated carbocycles. The van der Waals surface area contributed by atoms with Crippen molar-refractivity contribution >= 4 is 45.3 Å². The van der Waals surface area contributed by atoms with Gasteiger partial charge in [-0.2, -0.15) is 0 Å². The largest absolute Gasteiger partial charge is 0.448 e. The molecule has 0 saturated heterocycles. The first-order valence-electron chi connectivity index (χ1n) is 7.99. The zero-order valence-corrected chi connectivity index (χ0v) is 14.5. The summed E-state index contributed by atoms with van der Waals surface area (Å²) in [6.07, 6.45) is 1.37. The normalized spacial score (nSPS) is 12.4. The van der Waals surface area contributed by atoms with Gasteiger partial charge in [-0.1, -0.05) is 29.8 Å². The molecule has 1 N–H and O–H groups in total. The summed E-state index contributed by atoms with van der Waals surface area (Å²) >= 11 is 5.93. The topological polar surface area (TPSA) is 77.1 Å². The molecule has 7 heteroatoms. The van der Waals surface area contributed by atoms with Crippen molar-refractivity contribution in [3.63, 3.8) is 0 Å². The monoisotopic (exact) mass is 367 g/mol. The van der Waals surface area contributed by atoms with Crippen LogP contribution < -0.4 is 10.9 Å². The van der Waals surface area contributed by atoms with E-state index in [0.717, 1.165) is 5.39 Å². The highest BCUT2D eigenvalue weighted by molar-refractivity contribution is 6.30. The number of benzene rings is 2. The summed E-state index contributed by atoms with van der Waals surface area (Å²) in [5, 5.41) is 4.02. The molecule has 0 radical (unpaired) electrons. The van der Waals surface area contributed by atoms with Crippen molar-refractivity contribution in [1.29, 1.82) is 0 Å². The van der Waals surface area contributed by atoms with E-state index in [1.165, 1.54) is 10.9 Å². The molecule has 4 rings (SSSR count). The second-order valence-corrected chi connectivity index (χ2v) is 6.34. The highest BCUT2D eigenvalue weighted by atomic mass is 35.5. The molecular formula is C19H14ClN3O3. The molecule has 0 fully saturated rings. The van der Waals surface area contributed by atoms with Crippen LogP contribution in [0, 0.1) is 0 Å². The van der Waals surface area contributed by atoms with E-state index in [1.807, 2.05) is 18.2 Å². The van der Waals surface area contributed by atoms with E-state index in [0.29, 0.717) is 21.8 Å². The minimum Gasteiger partial charge on any atom is -0.448 e. The van der Waals surface area contributed by atoms with Gasteiger partial charge in [0.05, 0.1) is 6.33 Å². The molecule has 26 heavy (non-hydrogen) atoms. The predicted molar refractivity (Wildman–Crippen MR) is 101 cm³/mol. The fraction of sp³-hybridized carbons (Fsp3) is 0.105. The fourth-order valence-electron chi connectivity index (χ4n) is 2.81. The predicted octanol–water partition coefficient (Wildman–Crippen LogP) is 4.00. The third kappa shape index (κ3) is 2.74. The van der Waals surface area contributed by atoms with E-state index in [9.17, 15) is 9.59 Å². The maximum Gasteiger partial charge on any atom is 0.297 e. The zero-order valence-electron chi connectivity index (χ0n) is 13.8. The van der Waals surface area contributed by atoms with Crippen molar-refractivity contribution in [1.82, 2.24) is 9.55 Å². The Morgan fingerprint density at radius 3 is 2.85 bits per heavy atom. The van der Waals surface area contributed by atoms with Gasteiger partial charge in [0.2, 0.25) is 11.5 Å². The molecule has 2 aromatic heterocycles. The number of fused-ring (bicyclic) bond motifs is 3. The molecule has 1 amide bonds. The number of carbonyl (C=O) groups excluding carboxylic acids is 1. The molecule has 0 aliphatic rings. The third-order valence-corrected chi connectivity index (χ3v) is 4.43. The Hall–Kier alpha value is -3.12. The average Bonchev–Trinajstić information content (AvgIpc) is 3.01. The SMILES string of the molecule is CC(C(=O)Nc1cccc(Cl)c1)n1cnc2c(oc3ccccc32)c1=O. The molecule has 130 valence electrons. The molecule has 0 aliphatic heterocycles. The number of nitrogens with zero attached hydrogens (tertiary/aromatic N) is 2. The lowest BCUT2D eigenvalue weighted by Gasteiger charge is -2.14. The van der Waals surface area contributed by atoms with Crippen LogP contribution in [-0.4, -0.2) is 15.5 Å². The average molecular weight is 368 g/mol. The summed E-state index contributed by atoms with van der Waals surface area (Å²) in [5.74, 6) is -0.355. The van der Waals surface area contributed by atoms with Crippen LogP contribution in [0.5, 0.6) is 0 Å². The van der Waals surface area contributed by atoms with Crippen LogP contribution in [0.15, 0.2) is 64.1 Å². The summed E-state index contributed by atoms with van der Waals surface area (Å²) in [7, 11) is 0. The lowest BCUT2D eigenvalue weighted by molar-refractivity contribution is -0.118. The van der Waals surface area contributed by atoms with Crippen LogP contribution in [0.3, 0.4) is 0 Å². The first-order valence-corrected chi connectivity index (χ1v) is 8.37. The van der Waals surface area contributed by atoms with Crippen LogP contribution in [0.2, 0.25) is 5.02 Å². The lowest BCUT2D eigenvalue weighted by Crippen LogP contribution is -2.31. The summed E-state index contributed by atoms with van der Waals surface area (Å²) in [6.45, 7) is 1.62. The number of amides is 1. The number of anilines is 1. The molecular weight excluding hydrogens is 354 g/mol. The maximum atomic E-state index is 12.8. The molecule has 0 aliphatic carbocycles. The summed E-state index contributed by atoms with van der Waals surface area (Å²) in [6, 6.07) is 13.3. The standard InChI is InChI=1S/C19H14ClN3O3/c1-11(18(24)22-13-6-4-5-12(20)9-13)23-10-21-16-14-7-2-3-8-15(14)26-17(16)19(23)25/h2-11H,1H3,(H,22,24). The Labute approximate surface area is 153 Å². The number of nitrogens with one attached hydrogen (secondary N) is 1. The molecule has 0 spiro atoms. The second kappa shape index (κ2) is 6.31. The highest BCUT2D eigenvalue weighted by Gasteiger charge is 2.20. The van der Waals surface area contributed by atoms with E-state index in [-0.39, 0.29) is 11.5 Å². The lowest BCUT2D eigenvalue weighted by atomic mass is 10.2. The molecule has 4 aromatic rings. The molecule has 1 unspecified atom stereocenters. The van der Waals surface area contributed by atoms with Crippen LogP contribution in [0.4, 0.5) is 5.69 Å². The van der Waals surface area contributed by atoms with Crippen LogP contribution in [0.25, 0.3) is 22.1 Å². The number of para-hydroxylation sites is 1. The Morgan fingerprint density at radius 2 is 2.04 bits per heavy atom. The highest BCUT2D eigenvalue weighted by Crippen LogP contribution is 2.24. The van der Waals surface area contributed by atoms with Crippen molar-refractivity contribution in [2.24, 2.45) is 0 Å². The summed E-state index contributed by atoms with van der Waals surface area (Å²) in [5.41, 5.74) is 1.36. The minimum atomic E-state index is -0.772. The van der Waals surface area contributed by atoms with E-state index in [1.54, 1.807) is 37.3 Å². The number of carbonyl (C=O) groups is 1. The Morgan fingerprint density at radius 1 is 1.23 bits per heavy atom. The number of hydrogen-bond donors (Lipinski definition) is 1. The molecule has 6 nitrogen and oxygen atoms in total. The van der Waals surface area contributed by atoms with Crippen molar-refractivity contribution in [2.45, 2.75) is 13.0 Å². The van der Waals surface area contributed by atoms with E-state index in [4.69, 9.17) is 16.0 Å². The van der Waals surface area contributed by atoms with Gasteiger partial charge in [0, 0.05) is 16.1 Å². The van der Waals surface area contributed by atoms with E-state index in [2.05, 4.69) is 10.3 Å². The summed E-state index contributed by atoms with van der Waals surface area (Å²) in [4.78, 5) is 29.6. The van der Waals surface area contributed by atoms with Crippen LogP contribution >= 0.6 is 11.6 Å². The number of halogens is 1. The third-order valence-electron chi connectivity index (χ3n) is 4.20. The van der Waals surface area contributed by atoms with Gasteiger partial charge in [0.25, 0.3) is 5.56 Å². The first-order chi connectivity index (χ1) is 12.5. The first kappa shape index (κ1) is 16.4. The van der Waals surface area contributed by atoms with Crippen molar-refractivity contribution in [2.75, 3.05) is 5.32 Å². The van der Waals surface area contributed by atoms with Crippen molar-refractivity contribution in [3.05, 3.63) is 70.2 Å². The second-order valence-electron chi connectivity index (χ2n) is 5.91. The van der Waals surface area contributed by atoms with Crippen molar-refractivity contribution in [3.8, 4) is 0 Å². The van der Waals surface area contributed by atoms with Gasteiger partial charge >= 0.3 is 0 Å². The fourth-order valence-corrected chi connectivity index (χ4v) is 3.00. The molecule has 2 heterocycles. The van der Waals surface area contributed by atoms with Gasteiger partial charge < -0.3 is 9.73 Å². The Balaban J connectivity index is 1.71. The van der Waals surface area contributed by atoms with Gasteiger partial charge in [-0.25, -0.2) is 4.98 Å². The quantitative estimate of drug-likeness (QED) is 0.593. The smallest absolute Gasteiger partial charge is 0.297 e. The number of hydrogen-bond acceptors (Lipinski definition) is 4. The Kier molecular flexibility index (Phi) is 3.97. The minimum absolute atomic E-state index is 0.135. The summed E-state index contributed by atoms with van der Waals surface area (Å²) < 4.78 is 6.90. The van der Waals surface area contributed by atoms with Crippen molar-refractivity contribution < 1.29 is 9.21 Å². The van der Waals surface area contributed by atoms with E-state index >= 15 is 0 Å². The van der Waals surface area contributed by atoms with Gasteiger partial charge in [0.1, 0.15) is 17.1 Å². The maximum absolute atomic E-state index is 12.8. The zero-order chi connectivity index (χ0) is 18.3. The van der Waals surface area contributed by atoms with Crippen LogP contribution in [-0.2, 0) is 4.79 Å². The van der Waals surface area contributed by atoms with Gasteiger partial charge in [-0.15, -0.1) is 0 Å². The van der Waals surface area contributed by atoms with Gasteiger partial charge in [-0.3, -0.25) is 14.2 Å².